The smallest absolute Gasteiger partial charge is 0.339 e. The van der Waals surface area contributed by atoms with Crippen molar-refractivity contribution in [3.05, 3.63) is 107 Å². The van der Waals surface area contributed by atoms with Gasteiger partial charge in [0.15, 0.2) is 5.11 Å². The lowest BCUT2D eigenvalue weighted by atomic mass is 9.96. The van der Waals surface area contributed by atoms with E-state index >= 15 is 0 Å². The molecule has 1 saturated heterocycles. The van der Waals surface area contributed by atoms with Gasteiger partial charge in [0.25, 0.3) is 0 Å². The number of ether oxygens (including phenoxy) is 2. The summed E-state index contributed by atoms with van der Waals surface area (Å²) in [6.45, 7) is 4.14. The highest BCUT2D eigenvalue weighted by Crippen LogP contribution is 2.44. The van der Waals surface area contributed by atoms with Gasteiger partial charge in [-0.2, -0.15) is 0 Å². The molecule has 1 saturated carbocycles. The van der Waals surface area contributed by atoms with Crippen LogP contribution < -0.4 is 15.0 Å². The first-order valence-corrected chi connectivity index (χ1v) is 14.5. The number of nitrogens with one attached hydrogen (secondary N) is 1. The molecule has 2 aliphatic rings. The SMILES string of the molecule is COC(=O)c1ccccc1-n1c(C)cc([C@H]2[C@H](c3ccccn3)NC(=S)N2c2ccc(OC3CCCC3)cc2)c1C. The number of carbonyl (C=O) groups excluding carboxylic acids is 1. The molecule has 4 aromatic rings. The number of hydrogen-bond acceptors (Lipinski definition) is 5. The summed E-state index contributed by atoms with van der Waals surface area (Å²) in [6.07, 6.45) is 6.81. The van der Waals surface area contributed by atoms with Gasteiger partial charge in [0.2, 0.25) is 0 Å². The molecule has 3 heterocycles. The summed E-state index contributed by atoms with van der Waals surface area (Å²) in [5.74, 6) is 0.514. The van der Waals surface area contributed by atoms with Crippen LogP contribution in [0.4, 0.5) is 5.69 Å². The third kappa shape index (κ3) is 5.08. The zero-order valence-electron chi connectivity index (χ0n) is 23.5. The van der Waals surface area contributed by atoms with Crippen molar-refractivity contribution in [1.29, 1.82) is 0 Å². The molecule has 6 rings (SSSR count). The van der Waals surface area contributed by atoms with Crippen LogP contribution >= 0.6 is 12.2 Å². The minimum absolute atomic E-state index is 0.177. The van der Waals surface area contributed by atoms with E-state index in [-0.39, 0.29) is 18.1 Å². The van der Waals surface area contributed by atoms with Gasteiger partial charge in [-0.3, -0.25) is 4.98 Å². The molecule has 7 nitrogen and oxygen atoms in total. The standard InChI is InChI=1S/C33H34N4O3S/c1-21-20-27(22(2)36(21)29-14-7-6-12-26(29)32(38)39-3)31-30(28-13-8-9-19-34-28)35-33(41)37(31)23-15-17-25(18-16-23)40-24-10-4-5-11-24/h6-9,12-20,24,30-31H,4-5,10-11H2,1-3H3,(H,35,41)/t30-,31-/m0/s1. The molecule has 1 N–H and O–H groups in total. The largest absolute Gasteiger partial charge is 0.490 e. The van der Waals surface area contributed by atoms with Crippen LogP contribution in [-0.4, -0.2) is 33.8 Å². The number of benzene rings is 2. The lowest BCUT2D eigenvalue weighted by Gasteiger charge is -2.28. The number of aromatic nitrogens is 2. The minimum atomic E-state index is -0.369. The number of aryl methyl sites for hydroxylation is 1. The fraction of sp³-hybridized carbons (Fsp3) is 0.303. The molecule has 210 valence electrons. The van der Waals surface area contributed by atoms with Crippen LogP contribution in [0.5, 0.6) is 5.75 Å². The molecule has 0 unspecified atom stereocenters. The van der Waals surface area contributed by atoms with Crippen LogP contribution in [0.1, 0.15) is 70.8 Å². The van der Waals surface area contributed by atoms with E-state index in [0.29, 0.717) is 16.8 Å². The Bertz CT molecular complexity index is 1560. The second-order valence-electron chi connectivity index (χ2n) is 10.7. The Labute approximate surface area is 246 Å². The zero-order valence-corrected chi connectivity index (χ0v) is 24.4. The third-order valence-corrected chi connectivity index (χ3v) is 8.47. The number of pyridine rings is 1. The lowest BCUT2D eigenvalue weighted by molar-refractivity contribution is 0.0600. The topological polar surface area (TPSA) is 68.6 Å². The van der Waals surface area contributed by atoms with Crippen LogP contribution in [0.15, 0.2) is 79.0 Å². The van der Waals surface area contributed by atoms with Gasteiger partial charge in [-0.25, -0.2) is 4.79 Å². The first-order chi connectivity index (χ1) is 20.0. The number of rotatable bonds is 7. The monoisotopic (exact) mass is 566 g/mol. The van der Waals surface area contributed by atoms with Crippen LogP contribution in [0, 0.1) is 13.8 Å². The van der Waals surface area contributed by atoms with Crippen molar-refractivity contribution in [3.63, 3.8) is 0 Å². The zero-order chi connectivity index (χ0) is 28.5. The molecule has 2 aromatic carbocycles. The van der Waals surface area contributed by atoms with Gasteiger partial charge in [0, 0.05) is 23.3 Å². The highest BCUT2D eigenvalue weighted by molar-refractivity contribution is 7.80. The molecule has 0 spiro atoms. The van der Waals surface area contributed by atoms with E-state index in [1.807, 2.05) is 54.7 Å². The summed E-state index contributed by atoms with van der Waals surface area (Å²) >= 11 is 5.96. The summed E-state index contributed by atoms with van der Waals surface area (Å²) in [5, 5.41) is 4.19. The Kier molecular flexibility index (Phi) is 7.49. The number of esters is 1. The van der Waals surface area contributed by atoms with Gasteiger partial charge < -0.3 is 24.3 Å². The molecular weight excluding hydrogens is 532 g/mol. The van der Waals surface area contributed by atoms with Crippen molar-refractivity contribution in [2.24, 2.45) is 0 Å². The van der Waals surface area contributed by atoms with Gasteiger partial charge >= 0.3 is 5.97 Å². The normalized spacial score (nSPS) is 18.9. The summed E-state index contributed by atoms with van der Waals surface area (Å²) in [7, 11) is 1.41. The van der Waals surface area contributed by atoms with E-state index in [4.69, 9.17) is 26.7 Å². The molecule has 0 amide bonds. The number of nitrogens with zero attached hydrogens (tertiary/aromatic N) is 3. The van der Waals surface area contributed by atoms with Gasteiger partial charge in [-0.05, 0) is 112 Å². The van der Waals surface area contributed by atoms with Crippen molar-refractivity contribution < 1.29 is 14.3 Å². The van der Waals surface area contributed by atoms with Crippen LogP contribution in [-0.2, 0) is 4.74 Å². The molecule has 1 aliphatic carbocycles. The van der Waals surface area contributed by atoms with E-state index in [0.717, 1.165) is 52.6 Å². The Hall–Kier alpha value is -4.17. The molecular formula is C33H34N4O3S. The van der Waals surface area contributed by atoms with Crippen molar-refractivity contribution in [1.82, 2.24) is 14.9 Å². The number of methoxy groups -OCH3 is 1. The van der Waals surface area contributed by atoms with E-state index in [2.05, 4.69) is 46.8 Å². The van der Waals surface area contributed by atoms with Gasteiger partial charge in [0.1, 0.15) is 5.75 Å². The van der Waals surface area contributed by atoms with Crippen LogP contribution in [0.25, 0.3) is 5.69 Å². The predicted molar refractivity (Wildman–Crippen MR) is 164 cm³/mol. The second-order valence-corrected chi connectivity index (χ2v) is 11.1. The maximum atomic E-state index is 12.7. The average Bonchev–Trinajstić information content (AvgIpc) is 3.71. The van der Waals surface area contributed by atoms with Gasteiger partial charge in [-0.1, -0.05) is 18.2 Å². The van der Waals surface area contributed by atoms with Gasteiger partial charge in [-0.15, -0.1) is 0 Å². The molecule has 41 heavy (non-hydrogen) atoms. The second kappa shape index (κ2) is 11.4. The molecule has 2 atom stereocenters. The van der Waals surface area contributed by atoms with Crippen LogP contribution in [0.3, 0.4) is 0 Å². The Morgan fingerprint density at radius 2 is 1.73 bits per heavy atom. The number of thiocarbonyl (C=S) groups is 1. The van der Waals surface area contributed by atoms with Crippen LogP contribution in [0.2, 0.25) is 0 Å². The molecule has 0 bridgehead atoms. The van der Waals surface area contributed by atoms with Crippen molar-refractivity contribution in [2.75, 3.05) is 12.0 Å². The van der Waals surface area contributed by atoms with Gasteiger partial charge in [0.05, 0.1) is 42.2 Å². The van der Waals surface area contributed by atoms with E-state index in [9.17, 15) is 4.79 Å². The lowest BCUT2D eigenvalue weighted by Crippen LogP contribution is -2.29. The molecule has 8 heteroatoms. The Balaban J connectivity index is 1.43. The number of para-hydroxylation sites is 1. The first-order valence-electron chi connectivity index (χ1n) is 14.1. The number of hydrogen-bond donors (Lipinski definition) is 1. The maximum Gasteiger partial charge on any atom is 0.339 e. The molecule has 1 aliphatic heterocycles. The fourth-order valence-corrected chi connectivity index (χ4v) is 6.59. The molecule has 2 aromatic heterocycles. The number of anilines is 1. The first kappa shape index (κ1) is 27.0. The summed E-state index contributed by atoms with van der Waals surface area (Å²) < 4.78 is 13.4. The third-order valence-electron chi connectivity index (χ3n) is 8.16. The summed E-state index contributed by atoms with van der Waals surface area (Å²) in [6, 6.07) is 23.5. The summed E-state index contributed by atoms with van der Waals surface area (Å²) in [4.78, 5) is 19.5. The average molecular weight is 567 g/mol. The predicted octanol–water partition coefficient (Wildman–Crippen LogP) is 6.77. The minimum Gasteiger partial charge on any atom is -0.490 e. The maximum absolute atomic E-state index is 12.7. The quantitative estimate of drug-likeness (QED) is 0.195. The Morgan fingerprint density at radius 3 is 2.44 bits per heavy atom. The molecule has 0 radical (unpaired) electrons. The number of carbonyl (C=O) groups is 1. The van der Waals surface area contributed by atoms with E-state index in [1.54, 1.807) is 6.07 Å². The van der Waals surface area contributed by atoms with Crippen molar-refractivity contribution in [2.45, 2.75) is 57.7 Å². The summed E-state index contributed by atoms with van der Waals surface area (Å²) in [5.41, 5.74) is 6.29. The Morgan fingerprint density at radius 1 is 1.00 bits per heavy atom. The molecule has 2 fully saturated rings. The fourth-order valence-electron chi connectivity index (χ4n) is 6.24. The van der Waals surface area contributed by atoms with Crippen molar-refractivity contribution >= 4 is 29.0 Å². The van der Waals surface area contributed by atoms with E-state index < -0.39 is 0 Å². The van der Waals surface area contributed by atoms with Crippen molar-refractivity contribution in [3.8, 4) is 11.4 Å². The highest BCUT2D eigenvalue weighted by Gasteiger charge is 2.42. The highest BCUT2D eigenvalue weighted by atomic mass is 32.1. The van der Waals surface area contributed by atoms with E-state index in [1.165, 1.54) is 20.0 Å².